The van der Waals surface area contributed by atoms with Crippen LogP contribution in [0.1, 0.15) is 41.3 Å². The van der Waals surface area contributed by atoms with E-state index in [-0.39, 0.29) is 6.42 Å². The minimum atomic E-state index is -0.868. The number of anilines is 2. The Hall–Kier alpha value is -3.69. The molecule has 2 aliphatic rings. The number of carboxylic acid groups (broad SMARTS) is 1. The number of aliphatic carboxylic acids is 1. The lowest BCUT2D eigenvalue weighted by Gasteiger charge is -2.27. The SMILES string of the molecule is O=C(O)CC(Nc1ccc(OCCc2ccc3c(n2)NCCC3)cn1)c1cccc(CN2CCOCC2)c1. The molecule has 0 bridgehead atoms. The highest BCUT2D eigenvalue weighted by Crippen LogP contribution is 2.25. The van der Waals surface area contributed by atoms with Crippen LogP contribution in [0.4, 0.5) is 11.6 Å². The van der Waals surface area contributed by atoms with Gasteiger partial charge in [0.05, 0.1) is 38.5 Å². The van der Waals surface area contributed by atoms with Crippen molar-refractivity contribution in [2.24, 2.45) is 0 Å². The van der Waals surface area contributed by atoms with Gasteiger partial charge >= 0.3 is 5.97 Å². The Labute approximate surface area is 223 Å². The number of carbonyl (C=O) groups is 1. The van der Waals surface area contributed by atoms with Crippen molar-refractivity contribution in [1.82, 2.24) is 14.9 Å². The summed E-state index contributed by atoms with van der Waals surface area (Å²) in [6.07, 6.45) is 4.54. The molecular formula is C29H35N5O4. The Morgan fingerprint density at radius 2 is 2.08 bits per heavy atom. The van der Waals surface area contributed by atoms with E-state index in [1.807, 2.05) is 24.3 Å². The molecule has 1 aromatic carbocycles. The smallest absolute Gasteiger partial charge is 0.305 e. The van der Waals surface area contributed by atoms with Gasteiger partial charge in [-0.2, -0.15) is 0 Å². The molecule has 1 unspecified atom stereocenters. The van der Waals surface area contributed by atoms with Gasteiger partial charge in [-0.25, -0.2) is 9.97 Å². The van der Waals surface area contributed by atoms with Crippen LogP contribution in [-0.2, 0) is 28.9 Å². The van der Waals surface area contributed by atoms with Crippen LogP contribution in [0.5, 0.6) is 5.75 Å². The van der Waals surface area contributed by atoms with Gasteiger partial charge in [0, 0.05) is 38.3 Å². The zero-order valence-corrected chi connectivity index (χ0v) is 21.6. The van der Waals surface area contributed by atoms with Crippen molar-refractivity contribution >= 4 is 17.6 Å². The summed E-state index contributed by atoms with van der Waals surface area (Å²) in [4.78, 5) is 23.2. The Balaban J connectivity index is 1.17. The molecule has 1 saturated heterocycles. The molecule has 2 aliphatic heterocycles. The topological polar surface area (TPSA) is 109 Å². The summed E-state index contributed by atoms with van der Waals surface area (Å²) in [6, 6.07) is 15.6. The maximum Gasteiger partial charge on any atom is 0.305 e. The minimum Gasteiger partial charge on any atom is -0.492 e. The normalized spacial score (nSPS) is 16.2. The summed E-state index contributed by atoms with van der Waals surface area (Å²) in [6.45, 7) is 5.59. The molecule has 5 rings (SSSR count). The van der Waals surface area contributed by atoms with Crippen molar-refractivity contribution in [3.63, 3.8) is 0 Å². The molecule has 3 N–H and O–H groups in total. The molecule has 0 spiro atoms. The number of rotatable bonds is 11. The number of nitrogens with one attached hydrogen (secondary N) is 2. The second kappa shape index (κ2) is 12.7. The Bertz CT molecular complexity index is 1210. The van der Waals surface area contributed by atoms with E-state index in [2.05, 4.69) is 44.8 Å². The van der Waals surface area contributed by atoms with E-state index in [1.54, 1.807) is 6.20 Å². The van der Waals surface area contributed by atoms with Gasteiger partial charge in [-0.1, -0.05) is 30.3 Å². The monoisotopic (exact) mass is 517 g/mol. The van der Waals surface area contributed by atoms with Gasteiger partial charge in [-0.15, -0.1) is 0 Å². The van der Waals surface area contributed by atoms with Crippen molar-refractivity contribution in [3.8, 4) is 5.75 Å². The van der Waals surface area contributed by atoms with Gasteiger partial charge in [0.15, 0.2) is 0 Å². The molecule has 38 heavy (non-hydrogen) atoms. The van der Waals surface area contributed by atoms with E-state index in [0.717, 1.165) is 74.9 Å². The second-order valence-corrected chi connectivity index (χ2v) is 9.75. The lowest BCUT2D eigenvalue weighted by atomic mass is 10.0. The number of aromatic nitrogens is 2. The maximum atomic E-state index is 11.6. The fourth-order valence-corrected chi connectivity index (χ4v) is 4.86. The first-order valence-corrected chi connectivity index (χ1v) is 13.3. The number of hydrogen-bond donors (Lipinski definition) is 3. The summed E-state index contributed by atoms with van der Waals surface area (Å²) in [5, 5.41) is 16.2. The van der Waals surface area contributed by atoms with E-state index in [9.17, 15) is 9.90 Å². The third-order valence-electron chi connectivity index (χ3n) is 6.88. The molecule has 2 aromatic heterocycles. The second-order valence-electron chi connectivity index (χ2n) is 9.75. The first-order chi connectivity index (χ1) is 18.6. The predicted octanol–water partition coefficient (Wildman–Crippen LogP) is 3.92. The number of hydrogen-bond acceptors (Lipinski definition) is 8. The van der Waals surface area contributed by atoms with Crippen molar-refractivity contribution in [2.45, 2.75) is 38.3 Å². The third kappa shape index (κ3) is 7.20. The summed E-state index contributed by atoms with van der Waals surface area (Å²) < 4.78 is 11.3. The largest absolute Gasteiger partial charge is 0.492 e. The molecule has 0 radical (unpaired) electrons. The lowest BCUT2D eigenvalue weighted by Crippen LogP contribution is -2.35. The molecule has 4 heterocycles. The van der Waals surface area contributed by atoms with Gasteiger partial charge in [0.1, 0.15) is 17.4 Å². The molecule has 1 atom stereocenters. The standard InChI is InChI=1S/C29H35N5O4/c35-28(36)18-26(23-4-1-3-21(17-23)20-34-12-15-37-16-13-34)33-27-9-8-25(19-31-27)38-14-10-24-7-6-22-5-2-11-30-29(22)32-24/h1,3-4,6-9,17,19,26H,2,5,10-16,18,20H2,(H,30,32)(H,31,33)(H,35,36). The quantitative estimate of drug-likeness (QED) is 0.349. The van der Waals surface area contributed by atoms with Gasteiger partial charge in [-0.05, 0) is 47.7 Å². The van der Waals surface area contributed by atoms with Crippen molar-refractivity contribution in [3.05, 3.63) is 77.1 Å². The first-order valence-electron chi connectivity index (χ1n) is 13.3. The molecule has 1 fully saturated rings. The van der Waals surface area contributed by atoms with E-state index in [0.29, 0.717) is 24.6 Å². The Kier molecular flexibility index (Phi) is 8.67. The number of aryl methyl sites for hydroxylation is 1. The van der Waals surface area contributed by atoms with Crippen molar-refractivity contribution in [2.75, 3.05) is 50.1 Å². The molecule has 3 aromatic rings. The number of morpholine rings is 1. The zero-order chi connectivity index (χ0) is 26.2. The van der Waals surface area contributed by atoms with Crippen LogP contribution in [-0.4, -0.2) is 65.4 Å². The minimum absolute atomic E-state index is 0.0520. The van der Waals surface area contributed by atoms with Crippen LogP contribution in [0.3, 0.4) is 0 Å². The molecular weight excluding hydrogens is 482 g/mol. The number of nitrogens with zero attached hydrogens (tertiary/aromatic N) is 3. The average molecular weight is 518 g/mol. The van der Waals surface area contributed by atoms with E-state index in [4.69, 9.17) is 14.5 Å². The van der Waals surface area contributed by atoms with Crippen LogP contribution in [0.15, 0.2) is 54.7 Å². The summed E-state index contributed by atoms with van der Waals surface area (Å²) >= 11 is 0. The van der Waals surface area contributed by atoms with Gasteiger partial charge < -0.3 is 25.2 Å². The number of fused-ring (bicyclic) bond motifs is 1. The first kappa shape index (κ1) is 25.9. The van der Waals surface area contributed by atoms with E-state index < -0.39 is 12.0 Å². The van der Waals surface area contributed by atoms with Crippen LogP contribution in [0, 0.1) is 0 Å². The van der Waals surface area contributed by atoms with Crippen LogP contribution in [0.2, 0.25) is 0 Å². The van der Waals surface area contributed by atoms with Gasteiger partial charge in [0.25, 0.3) is 0 Å². The highest BCUT2D eigenvalue weighted by atomic mass is 16.5. The fraction of sp³-hybridized carbons (Fsp3) is 0.414. The van der Waals surface area contributed by atoms with Crippen molar-refractivity contribution in [1.29, 1.82) is 0 Å². The van der Waals surface area contributed by atoms with Gasteiger partial charge in [0.2, 0.25) is 0 Å². The maximum absolute atomic E-state index is 11.6. The Morgan fingerprint density at radius 1 is 1.18 bits per heavy atom. The van der Waals surface area contributed by atoms with Gasteiger partial charge in [-0.3, -0.25) is 9.69 Å². The number of pyridine rings is 2. The molecule has 9 heteroatoms. The zero-order valence-electron chi connectivity index (χ0n) is 21.6. The number of carboxylic acids is 1. The molecule has 9 nitrogen and oxygen atoms in total. The van der Waals surface area contributed by atoms with Crippen LogP contribution in [0.25, 0.3) is 0 Å². The van der Waals surface area contributed by atoms with Crippen LogP contribution < -0.4 is 15.4 Å². The lowest BCUT2D eigenvalue weighted by molar-refractivity contribution is -0.137. The fourth-order valence-electron chi connectivity index (χ4n) is 4.86. The summed E-state index contributed by atoms with van der Waals surface area (Å²) in [5.74, 6) is 1.39. The third-order valence-corrected chi connectivity index (χ3v) is 6.88. The molecule has 0 saturated carbocycles. The van der Waals surface area contributed by atoms with Crippen LogP contribution >= 0.6 is 0 Å². The summed E-state index contributed by atoms with van der Waals surface area (Å²) in [5.41, 5.74) is 4.35. The van der Waals surface area contributed by atoms with E-state index in [1.165, 1.54) is 5.56 Å². The average Bonchev–Trinajstić information content (AvgIpc) is 2.94. The number of ether oxygens (including phenoxy) is 2. The summed E-state index contributed by atoms with van der Waals surface area (Å²) in [7, 11) is 0. The van der Waals surface area contributed by atoms with Crippen molar-refractivity contribution < 1.29 is 19.4 Å². The highest BCUT2D eigenvalue weighted by Gasteiger charge is 2.18. The Morgan fingerprint density at radius 3 is 2.89 bits per heavy atom. The van der Waals surface area contributed by atoms with E-state index >= 15 is 0 Å². The molecule has 0 amide bonds. The predicted molar refractivity (Wildman–Crippen MR) is 146 cm³/mol. The number of benzene rings is 1. The highest BCUT2D eigenvalue weighted by molar-refractivity contribution is 5.68. The molecule has 0 aliphatic carbocycles. The molecule has 200 valence electrons.